The van der Waals surface area contributed by atoms with Crippen molar-refractivity contribution in [3.63, 3.8) is 0 Å². The van der Waals surface area contributed by atoms with Gasteiger partial charge in [-0.05, 0) is 18.2 Å². The van der Waals surface area contributed by atoms with Crippen LogP contribution in [0.15, 0.2) is 24.3 Å². The molecule has 0 radical (unpaired) electrons. The van der Waals surface area contributed by atoms with Crippen LogP contribution in [0.1, 0.15) is 0 Å². The third-order valence-corrected chi connectivity index (χ3v) is 2.75. The van der Waals surface area contributed by atoms with Gasteiger partial charge in [-0.1, -0.05) is 6.07 Å². The van der Waals surface area contributed by atoms with E-state index in [4.69, 9.17) is 10.5 Å². The number of benzene rings is 1. The second-order valence-corrected chi connectivity index (χ2v) is 4.01. The molecule has 0 unspecified atom stereocenters. The van der Waals surface area contributed by atoms with Crippen LogP contribution in [0.2, 0.25) is 0 Å². The van der Waals surface area contributed by atoms with Crippen molar-refractivity contribution in [3.8, 4) is 0 Å². The average Bonchev–Trinajstić information content (AvgIpc) is 2.30. The number of ether oxygens (including phenoxy) is 1. The highest BCUT2D eigenvalue weighted by Gasteiger charge is 2.08. The number of hydrogen-bond donors (Lipinski definition) is 2. The molecule has 0 bridgehead atoms. The van der Waals surface area contributed by atoms with Crippen LogP contribution in [-0.4, -0.2) is 44.3 Å². The van der Waals surface area contributed by atoms with E-state index in [1.54, 1.807) is 0 Å². The Morgan fingerprint density at radius 3 is 2.76 bits per heavy atom. The van der Waals surface area contributed by atoms with E-state index < -0.39 is 0 Å². The van der Waals surface area contributed by atoms with E-state index in [-0.39, 0.29) is 12.4 Å². The summed E-state index contributed by atoms with van der Waals surface area (Å²) in [6, 6.07) is 7.86. The second kappa shape index (κ2) is 7.37. The van der Waals surface area contributed by atoms with E-state index >= 15 is 0 Å². The number of nitrogen functional groups attached to an aromatic ring is 1. The summed E-state index contributed by atoms with van der Waals surface area (Å²) in [5.41, 5.74) is 7.60. The van der Waals surface area contributed by atoms with Gasteiger partial charge in [-0.25, -0.2) is 0 Å². The molecule has 1 aliphatic rings. The van der Waals surface area contributed by atoms with Crippen molar-refractivity contribution in [1.82, 2.24) is 4.90 Å². The molecule has 1 saturated heterocycles. The van der Waals surface area contributed by atoms with Crippen LogP contribution in [-0.2, 0) is 4.74 Å². The maximum absolute atomic E-state index is 5.71. The zero-order valence-corrected chi connectivity index (χ0v) is 10.7. The van der Waals surface area contributed by atoms with Crippen LogP contribution in [0.4, 0.5) is 11.4 Å². The first-order valence-electron chi connectivity index (χ1n) is 5.74. The summed E-state index contributed by atoms with van der Waals surface area (Å²) in [7, 11) is 0. The van der Waals surface area contributed by atoms with Crippen LogP contribution in [0.3, 0.4) is 0 Å². The molecule has 96 valence electrons. The van der Waals surface area contributed by atoms with Crippen LogP contribution in [0.5, 0.6) is 0 Å². The van der Waals surface area contributed by atoms with Gasteiger partial charge in [-0.15, -0.1) is 12.4 Å². The monoisotopic (exact) mass is 257 g/mol. The van der Waals surface area contributed by atoms with E-state index in [1.807, 2.05) is 24.3 Å². The first-order chi connectivity index (χ1) is 7.84. The summed E-state index contributed by atoms with van der Waals surface area (Å²) in [6.45, 7) is 5.80. The van der Waals surface area contributed by atoms with E-state index in [9.17, 15) is 0 Å². The van der Waals surface area contributed by atoms with E-state index in [0.29, 0.717) is 0 Å². The van der Waals surface area contributed by atoms with Gasteiger partial charge in [0.1, 0.15) is 0 Å². The summed E-state index contributed by atoms with van der Waals surface area (Å²) in [4.78, 5) is 2.41. The molecule has 3 N–H and O–H groups in total. The zero-order chi connectivity index (χ0) is 11.2. The average molecular weight is 258 g/mol. The highest BCUT2D eigenvalue weighted by Crippen LogP contribution is 2.11. The van der Waals surface area contributed by atoms with Gasteiger partial charge in [0.05, 0.1) is 13.2 Å². The number of halogens is 1. The van der Waals surface area contributed by atoms with E-state index in [2.05, 4.69) is 10.2 Å². The Labute approximate surface area is 109 Å². The van der Waals surface area contributed by atoms with Gasteiger partial charge < -0.3 is 15.8 Å². The molecule has 1 aromatic rings. The minimum absolute atomic E-state index is 0. The topological polar surface area (TPSA) is 50.5 Å². The molecule has 1 heterocycles. The molecule has 2 rings (SSSR count). The molecule has 1 aromatic carbocycles. The minimum Gasteiger partial charge on any atom is -0.399 e. The molecule has 0 spiro atoms. The molecule has 0 amide bonds. The van der Waals surface area contributed by atoms with Crippen molar-refractivity contribution in [3.05, 3.63) is 24.3 Å². The molecular weight excluding hydrogens is 238 g/mol. The Bertz CT molecular complexity index is 329. The number of rotatable bonds is 4. The third kappa shape index (κ3) is 4.81. The molecule has 0 aromatic heterocycles. The van der Waals surface area contributed by atoms with Crippen molar-refractivity contribution >= 4 is 23.8 Å². The molecule has 0 atom stereocenters. The molecule has 0 saturated carbocycles. The number of morpholine rings is 1. The summed E-state index contributed by atoms with van der Waals surface area (Å²) >= 11 is 0. The van der Waals surface area contributed by atoms with E-state index in [1.165, 1.54) is 0 Å². The van der Waals surface area contributed by atoms with Crippen molar-refractivity contribution in [2.75, 3.05) is 50.4 Å². The van der Waals surface area contributed by atoms with Gasteiger partial charge in [0, 0.05) is 37.6 Å². The lowest BCUT2D eigenvalue weighted by molar-refractivity contribution is 0.0398. The minimum atomic E-state index is 0. The highest BCUT2D eigenvalue weighted by molar-refractivity contribution is 5.85. The number of hydrogen-bond acceptors (Lipinski definition) is 4. The van der Waals surface area contributed by atoms with Gasteiger partial charge in [0.25, 0.3) is 0 Å². The Morgan fingerprint density at radius 2 is 2.06 bits per heavy atom. The number of nitrogens with zero attached hydrogens (tertiary/aromatic N) is 1. The fraction of sp³-hybridized carbons (Fsp3) is 0.500. The molecular formula is C12H20ClN3O. The molecule has 4 nitrogen and oxygen atoms in total. The Morgan fingerprint density at radius 1 is 1.29 bits per heavy atom. The highest BCUT2D eigenvalue weighted by atomic mass is 35.5. The quantitative estimate of drug-likeness (QED) is 0.802. The Kier molecular flexibility index (Phi) is 6.11. The fourth-order valence-electron chi connectivity index (χ4n) is 1.83. The van der Waals surface area contributed by atoms with E-state index in [0.717, 1.165) is 50.8 Å². The van der Waals surface area contributed by atoms with Crippen LogP contribution >= 0.6 is 12.4 Å². The largest absolute Gasteiger partial charge is 0.399 e. The predicted molar refractivity (Wildman–Crippen MR) is 73.9 cm³/mol. The molecule has 5 heteroatoms. The van der Waals surface area contributed by atoms with Crippen molar-refractivity contribution in [2.24, 2.45) is 0 Å². The predicted octanol–water partition coefficient (Wildman–Crippen LogP) is 1.43. The number of nitrogens with one attached hydrogen (secondary N) is 1. The third-order valence-electron chi connectivity index (χ3n) is 2.75. The van der Waals surface area contributed by atoms with Gasteiger partial charge in [-0.2, -0.15) is 0 Å². The van der Waals surface area contributed by atoms with Gasteiger partial charge in [0.15, 0.2) is 0 Å². The Hall–Kier alpha value is -0.970. The molecule has 17 heavy (non-hydrogen) atoms. The fourth-order valence-corrected chi connectivity index (χ4v) is 1.83. The van der Waals surface area contributed by atoms with Gasteiger partial charge in [0.2, 0.25) is 0 Å². The summed E-state index contributed by atoms with van der Waals surface area (Å²) in [5, 5.41) is 3.37. The summed E-state index contributed by atoms with van der Waals surface area (Å²) in [6.07, 6.45) is 0. The second-order valence-electron chi connectivity index (χ2n) is 4.01. The van der Waals surface area contributed by atoms with Gasteiger partial charge in [-0.3, -0.25) is 4.90 Å². The van der Waals surface area contributed by atoms with Crippen LogP contribution in [0.25, 0.3) is 0 Å². The van der Waals surface area contributed by atoms with Crippen molar-refractivity contribution in [1.29, 1.82) is 0 Å². The van der Waals surface area contributed by atoms with Gasteiger partial charge >= 0.3 is 0 Å². The molecule has 0 aliphatic carbocycles. The molecule has 1 fully saturated rings. The lowest BCUT2D eigenvalue weighted by Crippen LogP contribution is -2.38. The van der Waals surface area contributed by atoms with Crippen molar-refractivity contribution in [2.45, 2.75) is 0 Å². The Balaban J connectivity index is 0.00000144. The van der Waals surface area contributed by atoms with Crippen molar-refractivity contribution < 1.29 is 4.74 Å². The zero-order valence-electron chi connectivity index (χ0n) is 9.89. The lowest BCUT2D eigenvalue weighted by atomic mass is 10.3. The van der Waals surface area contributed by atoms with Crippen LogP contribution in [0, 0.1) is 0 Å². The molecule has 1 aliphatic heterocycles. The lowest BCUT2D eigenvalue weighted by Gasteiger charge is -2.26. The first-order valence-corrected chi connectivity index (χ1v) is 5.74. The van der Waals surface area contributed by atoms with Crippen LogP contribution < -0.4 is 11.1 Å². The maximum atomic E-state index is 5.71. The smallest absolute Gasteiger partial charge is 0.0594 e. The number of nitrogens with two attached hydrogens (primary N) is 1. The standard InChI is InChI=1S/C12H19N3O.ClH/c13-11-2-1-3-12(10-11)14-4-5-15-6-8-16-9-7-15;/h1-3,10,14H,4-9,13H2;1H. The number of anilines is 2. The SMILES string of the molecule is Cl.Nc1cccc(NCCN2CCOCC2)c1. The summed E-state index contributed by atoms with van der Waals surface area (Å²) < 4.78 is 5.30. The normalized spacial score (nSPS) is 16.2. The maximum Gasteiger partial charge on any atom is 0.0594 e. The first kappa shape index (κ1) is 14.1. The summed E-state index contributed by atoms with van der Waals surface area (Å²) in [5.74, 6) is 0.